The molecule has 0 saturated carbocycles. The Morgan fingerprint density at radius 1 is 0.821 bits per heavy atom. The van der Waals surface area contributed by atoms with E-state index in [4.69, 9.17) is 4.74 Å². The summed E-state index contributed by atoms with van der Waals surface area (Å²) in [6, 6.07) is 21.0. The van der Waals surface area contributed by atoms with Gasteiger partial charge >= 0.3 is 6.18 Å². The Balaban J connectivity index is 1.84. The molecule has 0 bridgehead atoms. The van der Waals surface area contributed by atoms with Gasteiger partial charge in [0.05, 0.1) is 5.56 Å². The van der Waals surface area contributed by atoms with Crippen molar-refractivity contribution in [2.75, 3.05) is 0 Å². The van der Waals surface area contributed by atoms with Crippen molar-refractivity contribution in [2.45, 2.75) is 33.1 Å². The summed E-state index contributed by atoms with van der Waals surface area (Å²) in [5, 5.41) is 0. The molecule has 0 aliphatic carbocycles. The average Bonchev–Trinajstić information content (AvgIpc) is 2.66. The van der Waals surface area contributed by atoms with E-state index < -0.39 is 11.7 Å². The van der Waals surface area contributed by atoms with E-state index >= 15 is 0 Å². The first-order valence-electron chi connectivity index (χ1n) is 9.25. The van der Waals surface area contributed by atoms with Crippen LogP contribution in [-0.4, -0.2) is 0 Å². The van der Waals surface area contributed by atoms with Gasteiger partial charge in [0.1, 0.15) is 11.9 Å². The summed E-state index contributed by atoms with van der Waals surface area (Å²) in [5.41, 5.74) is 3.06. The van der Waals surface area contributed by atoms with Crippen molar-refractivity contribution in [3.8, 4) is 16.9 Å². The van der Waals surface area contributed by atoms with Gasteiger partial charge in [-0.15, -0.1) is 0 Å². The van der Waals surface area contributed by atoms with Crippen molar-refractivity contribution >= 4 is 0 Å². The highest BCUT2D eigenvalue weighted by Crippen LogP contribution is 2.34. The first-order chi connectivity index (χ1) is 13.3. The van der Waals surface area contributed by atoms with Crippen molar-refractivity contribution in [1.82, 2.24) is 0 Å². The number of benzene rings is 3. The molecule has 0 N–H and O–H groups in total. The number of alkyl halides is 3. The van der Waals surface area contributed by atoms with Crippen LogP contribution in [0, 0.1) is 12.8 Å². The molecule has 0 amide bonds. The van der Waals surface area contributed by atoms with E-state index in [2.05, 4.69) is 13.8 Å². The normalized spacial score (nSPS) is 12.8. The Bertz CT molecular complexity index is 913. The Morgan fingerprint density at radius 2 is 1.46 bits per heavy atom. The molecule has 3 rings (SSSR count). The van der Waals surface area contributed by atoms with Crippen LogP contribution in [0.25, 0.3) is 11.1 Å². The molecule has 0 spiro atoms. The lowest BCUT2D eigenvalue weighted by Gasteiger charge is -2.23. The third-order valence-corrected chi connectivity index (χ3v) is 4.72. The minimum atomic E-state index is -4.32. The van der Waals surface area contributed by atoms with E-state index in [0.29, 0.717) is 0 Å². The van der Waals surface area contributed by atoms with E-state index in [1.165, 1.54) is 12.1 Å². The minimum absolute atomic E-state index is 0.0717. The standard InChI is InChI=1S/C24H23F3O/c1-16(2)23(19-7-5-4-6-8-19)28-21-13-14-22(17(3)15-21)18-9-11-20(12-10-18)24(25,26)27/h4-16,23H,1-3H3. The molecular formula is C24H23F3O. The van der Waals surface area contributed by atoms with Gasteiger partial charge in [0.25, 0.3) is 0 Å². The molecule has 0 saturated heterocycles. The summed E-state index contributed by atoms with van der Waals surface area (Å²) in [4.78, 5) is 0. The zero-order chi connectivity index (χ0) is 20.3. The van der Waals surface area contributed by atoms with Crippen molar-refractivity contribution in [2.24, 2.45) is 5.92 Å². The van der Waals surface area contributed by atoms with Gasteiger partial charge in [0, 0.05) is 0 Å². The third-order valence-electron chi connectivity index (χ3n) is 4.72. The lowest BCUT2D eigenvalue weighted by Crippen LogP contribution is -2.14. The summed E-state index contributed by atoms with van der Waals surface area (Å²) in [6.45, 7) is 6.16. The summed E-state index contributed by atoms with van der Waals surface area (Å²) < 4.78 is 44.5. The highest BCUT2D eigenvalue weighted by molar-refractivity contribution is 5.68. The quantitative estimate of drug-likeness (QED) is 0.444. The highest BCUT2D eigenvalue weighted by atomic mass is 19.4. The average molecular weight is 384 g/mol. The number of rotatable bonds is 5. The maximum absolute atomic E-state index is 12.8. The number of halogens is 3. The SMILES string of the molecule is Cc1cc(OC(c2ccccc2)C(C)C)ccc1-c1ccc(C(F)(F)F)cc1. The van der Waals surface area contributed by atoms with Crippen LogP contribution in [0.5, 0.6) is 5.75 Å². The van der Waals surface area contributed by atoms with Crippen LogP contribution in [0.3, 0.4) is 0 Å². The van der Waals surface area contributed by atoms with Crippen molar-refractivity contribution in [3.05, 3.63) is 89.5 Å². The minimum Gasteiger partial charge on any atom is -0.485 e. The summed E-state index contributed by atoms with van der Waals surface area (Å²) in [6.07, 6.45) is -4.40. The lowest BCUT2D eigenvalue weighted by atomic mass is 9.98. The van der Waals surface area contributed by atoms with Gasteiger partial charge in [-0.2, -0.15) is 13.2 Å². The smallest absolute Gasteiger partial charge is 0.416 e. The largest absolute Gasteiger partial charge is 0.485 e. The zero-order valence-electron chi connectivity index (χ0n) is 16.1. The van der Waals surface area contributed by atoms with Crippen LogP contribution < -0.4 is 4.74 Å². The predicted molar refractivity (Wildman–Crippen MR) is 106 cm³/mol. The van der Waals surface area contributed by atoms with E-state index in [0.717, 1.165) is 40.1 Å². The molecule has 1 nitrogen and oxygen atoms in total. The topological polar surface area (TPSA) is 9.23 Å². The highest BCUT2D eigenvalue weighted by Gasteiger charge is 2.30. The van der Waals surface area contributed by atoms with Crippen LogP contribution in [0.1, 0.15) is 36.6 Å². The number of aryl methyl sites for hydroxylation is 1. The van der Waals surface area contributed by atoms with Gasteiger partial charge in [0.2, 0.25) is 0 Å². The lowest BCUT2D eigenvalue weighted by molar-refractivity contribution is -0.137. The second-order valence-electron chi connectivity index (χ2n) is 7.24. The molecule has 0 aliphatic rings. The van der Waals surface area contributed by atoms with Crippen LogP contribution in [0.4, 0.5) is 13.2 Å². The van der Waals surface area contributed by atoms with Gasteiger partial charge in [-0.25, -0.2) is 0 Å². The van der Waals surface area contributed by atoms with Gasteiger partial charge in [-0.1, -0.05) is 62.4 Å². The van der Waals surface area contributed by atoms with Crippen LogP contribution in [0.15, 0.2) is 72.8 Å². The molecule has 0 radical (unpaired) electrons. The fraction of sp³-hybridized carbons (Fsp3) is 0.250. The Morgan fingerprint density at radius 3 is 2.00 bits per heavy atom. The van der Waals surface area contributed by atoms with Gasteiger partial charge in [-0.3, -0.25) is 0 Å². The maximum Gasteiger partial charge on any atom is 0.416 e. The fourth-order valence-electron chi connectivity index (χ4n) is 3.25. The molecule has 28 heavy (non-hydrogen) atoms. The number of hydrogen-bond donors (Lipinski definition) is 0. The molecule has 0 heterocycles. The summed E-state index contributed by atoms with van der Waals surface area (Å²) in [7, 11) is 0. The Labute approximate surface area is 163 Å². The summed E-state index contributed by atoms with van der Waals surface area (Å²) >= 11 is 0. The number of ether oxygens (including phenoxy) is 1. The van der Waals surface area contributed by atoms with Crippen molar-refractivity contribution in [1.29, 1.82) is 0 Å². The molecular weight excluding hydrogens is 361 g/mol. The van der Waals surface area contributed by atoms with Gasteiger partial charge in [0.15, 0.2) is 0 Å². The zero-order valence-corrected chi connectivity index (χ0v) is 16.1. The predicted octanol–water partition coefficient (Wildman–Crippen LogP) is 7.46. The third kappa shape index (κ3) is 4.56. The van der Waals surface area contributed by atoms with Crippen LogP contribution in [0.2, 0.25) is 0 Å². The first kappa shape index (κ1) is 20.0. The molecule has 3 aromatic rings. The number of hydrogen-bond acceptors (Lipinski definition) is 1. The van der Waals surface area contributed by atoms with Gasteiger partial charge < -0.3 is 4.74 Å². The molecule has 3 aromatic carbocycles. The molecule has 0 aliphatic heterocycles. The maximum atomic E-state index is 12.8. The fourth-order valence-corrected chi connectivity index (χ4v) is 3.25. The molecule has 1 unspecified atom stereocenters. The second-order valence-corrected chi connectivity index (χ2v) is 7.24. The van der Waals surface area contributed by atoms with E-state index in [9.17, 15) is 13.2 Å². The molecule has 0 fully saturated rings. The molecule has 0 aromatic heterocycles. The van der Waals surface area contributed by atoms with E-state index in [1.54, 1.807) is 0 Å². The Hall–Kier alpha value is -2.75. The van der Waals surface area contributed by atoms with Gasteiger partial charge in [-0.05, 0) is 59.4 Å². The van der Waals surface area contributed by atoms with Crippen molar-refractivity contribution < 1.29 is 17.9 Å². The monoisotopic (exact) mass is 384 g/mol. The Kier molecular flexibility index (Phi) is 5.78. The van der Waals surface area contributed by atoms with E-state index in [-0.39, 0.29) is 12.0 Å². The van der Waals surface area contributed by atoms with Crippen LogP contribution in [-0.2, 0) is 6.18 Å². The summed E-state index contributed by atoms with van der Waals surface area (Å²) in [5.74, 6) is 1.04. The molecule has 4 heteroatoms. The first-order valence-corrected chi connectivity index (χ1v) is 9.25. The molecule has 146 valence electrons. The van der Waals surface area contributed by atoms with Crippen LogP contribution >= 0.6 is 0 Å². The molecule has 1 atom stereocenters. The van der Waals surface area contributed by atoms with Crippen molar-refractivity contribution in [3.63, 3.8) is 0 Å². The van der Waals surface area contributed by atoms with E-state index in [1.807, 2.05) is 55.5 Å². The second kappa shape index (κ2) is 8.09.